The topological polar surface area (TPSA) is 76.5 Å². The molecule has 2 aromatic heterocycles. The molecule has 5 heterocycles. The molecule has 41 heavy (non-hydrogen) atoms. The number of aliphatic hydroxyl groups excluding tert-OH is 1. The average Bonchev–Trinajstić information content (AvgIpc) is 3.74. The second-order valence-electron chi connectivity index (χ2n) is 11.0. The first kappa shape index (κ1) is 28.9. The average molecular weight is 551 g/mol. The monoisotopic (exact) mass is 550 g/mol. The number of nitrogens with zero attached hydrogens (tertiary/aromatic N) is 2. The number of fused-ring (bicyclic) bond motifs is 6. The Morgan fingerprint density at radius 2 is 0.902 bits per heavy atom. The molecule has 5 heteroatoms. The van der Waals surface area contributed by atoms with Gasteiger partial charge >= 0.3 is 0 Å². The molecule has 0 aliphatic carbocycles. The molecule has 0 fully saturated rings. The van der Waals surface area contributed by atoms with Crippen molar-refractivity contribution < 1.29 is 5.11 Å². The molecule has 0 aromatic carbocycles. The van der Waals surface area contributed by atoms with E-state index in [2.05, 4.69) is 77.5 Å². The summed E-state index contributed by atoms with van der Waals surface area (Å²) in [5.74, 6) is 0. The fraction of sp³-hybridized carbons (Fsp3) is 0.444. The first-order valence-electron chi connectivity index (χ1n) is 15.8. The van der Waals surface area contributed by atoms with Gasteiger partial charge in [0.15, 0.2) is 0 Å². The summed E-state index contributed by atoms with van der Waals surface area (Å²) in [5.41, 5.74) is 14.8. The van der Waals surface area contributed by atoms with E-state index in [1.54, 1.807) is 0 Å². The van der Waals surface area contributed by atoms with Crippen LogP contribution in [0.5, 0.6) is 0 Å². The number of aliphatic imine (C=N–C) groups is 2. The molecule has 0 spiro atoms. The quantitative estimate of drug-likeness (QED) is 0.364. The van der Waals surface area contributed by atoms with Gasteiger partial charge < -0.3 is 15.1 Å². The number of aromatic nitrogens is 2. The molecule has 8 bridgehead atoms. The molecular weight excluding hydrogens is 504 g/mol. The molecule has 3 aliphatic rings. The SMILES string of the molecule is CCC1=C(CC)C2=c3[nH]c(c(CC)c3CC)=CC=c3[nH]c(c(CC)c3CC)=C3N=C(C(=CO)C1=N2)C(CC)=C3CC. The van der Waals surface area contributed by atoms with Crippen molar-refractivity contribution in [3.63, 3.8) is 0 Å². The molecule has 0 radical (unpaired) electrons. The number of rotatable bonds is 8. The zero-order valence-electron chi connectivity index (χ0n) is 26.2. The minimum absolute atomic E-state index is 0.731. The van der Waals surface area contributed by atoms with Gasteiger partial charge in [-0.25, -0.2) is 9.98 Å². The molecular formula is C36H46N4O. The van der Waals surface area contributed by atoms with Crippen molar-refractivity contribution in [3.8, 4) is 0 Å². The van der Waals surface area contributed by atoms with Gasteiger partial charge in [0.1, 0.15) is 0 Å². The summed E-state index contributed by atoms with van der Waals surface area (Å²) in [6.45, 7) is 17.8. The van der Waals surface area contributed by atoms with E-state index in [0.29, 0.717) is 0 Å². The summed E-state index contributed by atoms with van der Waals surface area (Å²) in [6.07, 6.45) is 13.0. The van der Waals surface area contributed by atoms with Gasteiger partial charge in [-0.15, -0.1) is 0 Å². The third-order valence-corrected chi connectivity index (χ3v) is 9.18. The molecule has 5 nitrogen and oxygen atoms in total. The maximum atomic E-state index is 10.9. The van der Waals surface area contributed by atoms with Gasteiger partial charge in [0.2, 0.25) is 0 Å². The standard InChI is InChI=1S/C36H46N4O/c1-9-20-22(11-3)33-35-26(15-7)24(13-5)31(39-35)28(19-41)32-25(14-6)27(16-8)36(40-32)34-23(12-4)21(10-2)30(38-34)18-17-29(20)37-33/h17-19,37-38,41H,9-16H2,1-8H3. The van der Waals surface area contributed by atoms with Crippen LogP contribution in [-0.4, -0.2) is 26.5 Å². The van der Waals surface area contributed by atoms with Crippen molar-refractivity contribution in [2.75, 3.05) is 0 Å². The van der Waals surface area contributed by atoms with Crippen molar-refractivity contribution in [1.82, 2.24) is 9.97 Å². The Bertz CT molecular complexity index is 1680. The maximum absolute atomic E-state index is 10.9. The lowest BCUT2D eigenvalue weighted by atomic mass is 9.89. The van der Waals surface area contributed by atoms with E-state index in [0.717, 1.165) is 101 Å². The van der Waals surface area contributed by atoms with Crippen molar-refractivity contribution in [2.24, 2.45) is 9.98 Å². The van der Waals surface area contributed by atoms with E-state index in [-0.39, 0.29) is 0 Å². The van der Waals surface area contributed by atoms with E-state index >= 15 is 0 Å². The van der Waals surface area contributed by atoms with Gasteiger partial charge in [-0.3, -0.25) is 0 Å². The van der Waals surface area contributed by atoms with Gasteiger partial charge in [-0.1, -0.05) is 55.4 Å². The van der Waals surface area contributed by atoms with Crippen LogP contribution in [0, 0.1) is 0 Å². The Kier molecular flexibility index (Phi) is 8.26. The third-order valence-electron chi connectivity index (χ3n) is 9.18. The highest BCUT2D eigenvalue weighted by Gasteiger charge is 2.33. The highest BCUT2D eigenvalue weighted by Crippen LogP contribution is 2.38. The Morgan fingerprint density at radius 1 is 0.537 bits per heavy atom. The highest BCUT2D eigenvalue weighted by molar-refractivity contribution is 6.38. The number of nitrogens with one attached hydrogen (secondary N) is 2. The highest BCUT2D eigenvalue weighted by atomic mass is 16.2. The number of aliphatic hydroxyl groups is 1. The fourth-order valence-corrected chi connectivity index (χ4v) is 7.32. The molecule has 0 saturated carbocycles. The molecule has 0 saturated heterocycles. The summed E-state index contributed by atoms with van der Waals surface area (Å²) in [7, 11) is 0. The Morgan fingerprint density at radius 3 is 1.20 bits per heavy atom. The summed E-state index contributed by atoms with van der Waals surface area (Å²) < 4.78 is 0. The van der Waals surface area contributed by atoms with Crippen LogP contribution in [0.2, 0.25) is 0 Å². The molecule has 2 aromatic rings. The summed E-state index contributed by atoms with van der Waals surface area (Å²) in [5, 5.41) is 15.4. The summed E-state index contributed by atoms with van der Waals surface area (Å²) in [4.78, 5) is 18.3. The number of allylic oxidation sites excluding steroid dienone is 3. The Hall–Kier alpha value is -3.60. The van der Waals surface area contributed by atoms with Crippen LogP contribution in [0.3, 0.4) is 0 Å². The van der Waals surface area contributed by atoms with Gasteiger partial charge in [-0.05, 0) is 108 Å². The maximum Gasteiger partial charge on any atom is 0.0910 e. The zero-order chi connectivity index (χ0) is 29.4. The normalized spacial score (nSPS) is 16.5. The minimum Gasteiger partial charge on any atom is -0.515 e. The van der Waals surface area contributed by atoms with Gasteiger partial charge in [0.05, 0.1) is 45.4 Å². The predicted octanol–water partition coefficient (Wildman–Crippen LogP) is 5.67. The molecule has 216 valence electrons. The summed E-state index contributed by atoms with van der Waals surface area (Å²) in [6, 6.07) is 0. The molecule has 0 atom stereocenters. The number of hydrogen-bond donors (Lipinski definition) is 3. The van der Waals surface area contributed by atoms with E-state index < -0.39 is 0 Å². The molecule has 0 unspecified atom stereocenters. The molecule has 3 aliphatic heterocycles. The van der Waals surface area contributed by atoms with Crippen LogP contribution >= 0.6 is 0 Å². The second kappa shape index (κ2) is 11.7. The van der Waals surface area contributed by atoms with Crippen molar-refractivity contribution in [3.05, 3.63) is 77.8 Å². The van der Waals surface area contributed by atoms with Crippen LogP contribution in [0.1, 0.15) is 103 Å². The number of aromatic amines is 2. The van der Waals surface area contributed by atoms with Crippen LogP contribution in [0.25, 0.3) is 23.5 Å². The largest absolute Gasteiger partial charge is 0.515 e. The lowest BCUT2D eigenvalue weighted by Gasteiger charge is -2.12. The first-order valence-corrected chi connectivity index (χ1v) is 15.8. The van der Waals surface area contributed by atoms with Crippen molar-refractivity contribution >= 4 is 35.0 Å². The van der Waals surface area contributed by atoms with Gasteiger partial charge in [-0.2, -0.15) is 0 Å². The fourth-order valence-electron chi connectivity index (χ4n) is 7.32. The number of H-pyrrole nitrogens is 2. The van der Waals surface area contributed by atoms with E-state index in [1.807, 2.05) is 0 Å². The van der Waals surface area contributed by atoms with Crippen LogP contribution < -0.4 is 21.4 Å². The lowest BCUT2D eigenvalue weighted by Crippen LogP contribution is -2.17. The van der Waals surface area contributed by atoms with Crippen LogP contribution in [0.15, 0.2) is 44.1 Å². The Balaban J connectivity index is 2.07. The predicted molar refractivity (Wildman–Crippen MR) is 174 cm³/mol. The second-order valence-corrected chi connectivity index (χ2v) is 11.0. The summed E-state index contributed by atoms with van der Waals surface area (Å²) >= 11 is 0. The molecule has 0 amide bonds. The smallest absolute Gasteiger partial charge is 0.0910 e. The van der Waals surface area contributed by atoms with Crippen LogP contribution in [-0.2, 0) is 25.7 Å². The third kappa shape index (κ3) is 4.36. The first-order chi connectivity index (χ1) is 20.0. The Labute approximate surface area is 244 Å². The van der Waals surface area contributed by atoms with Gasteiger partial charge in [0.25, 0.3) is 0 Å². The van der Waals surface area contributed by atoms with Crippen LogP contribution in [0.4, 0.5) is 0 Å². The van der Waals surface area contributed by atoms with E-state index in [4.69, 9.17) is 9.98 Å². The van der Waals surface area contributed by atoms with Crippen molar-refractivity contribution in [2.45, 2.75) is 107 Å². The minimum atomic E-state index is 0.731. The zero-order valence-corrected chi connectivity index (χ0v) is 26.2. The van der Waals surface area contributed by atoms with E-state index in [1.165, 1.54) is 50.8 Å². The molecule has 3 N–H and O–H groups in total. The molecule has 5 rings (SSSR count). The van der Waals surface area contributed by atoms with E-state index in [9.17, 15) is 5.11 Å². The van der Waals surface area contributed by atoms with Crippen molar-refractivity contribution in [1.29, 1.82) is 0 Å². The number of hydrogen-bond acceptors (Lipinski definition) is 3. The van der Waals surface area contributed by atoms with Gasteiger partial charge in [0, 0.05) is 10.7 Å². The lowest BCUT2D eigenvalue weighted by molar-refractivity contribution is 0.472.